The molecule has 4 nitrogen and oxygen atoms in total. The predicted molar refractivity (Wildman–Crippen MR) is 71.2 cm³/mol. The summed E-state index contributed by atoms with van der Waals surface area (Å²) in [6.45, 7) is 10.3. The van der Waals surface area contributed by atoms with Crippen LogP contribution >= 0.6 is 0 Å². The first-order valence-corrected chi connectivity index (χ1v) is 6.48. The number of carbonyl (C=O) groups excluding carboxylic acids is 1. The van der Waals surface area contributed by atoms with Crippen molar-refractivity contribution in [1.82, 2.24) is 5.32 Å². The highest BCUT2D eigenvalue weighted by atomic mass is 16.6. The van der Waals surface area contributed by atoms with Gasteiger partial charge in [-0.3, -0.25) is 10.1 Å². The van der Waals surface area contributed by atoms with Gasteiger partial charge in [0.05, 0.1) is 12.6 Å². The smallest absolute Gasteiger partial charge is 0.306 e. The van der Waals surface area contributed by atoms with E-state index in [4.69, 9.17) is 9.47 Å². The quantitative estimate of drug-likeness (QED) is 0.619. The van der Waals surface area contributed by atoms with Gasteiger partial charge >= 0.3 is 5.97 Å². The largest absolute Gasteiger partial charge is 0.460 e. The van der Waals surface area contributed by atoms with Crippen molar-refractivity contribution in [1.29, 1.82) is 0 Å². The third kappa shape index (κ3) is 6.17. The number of hydrogen-bond acceptors (Lipinski definition) is 4. The summed E-state index contributed by atoms with van der Waals surface area (Å²) in [5.74, 6) is -0.150. The molecule has 18 heavy (non-hydrogen) atoms. The minimum atomic E-state index is -0.397. The maximum atomic E-state index is 11.5. The van der Waals surface area contributed by atoms with Crippen LogP contribution in [0, 0.1) is 0 Å². The van der Waals surface area contributed by atoms with Crippen molar-refractivity contribution < 1.29 is 14.3 Å². The summed E-state index contributed by atoms with van der Waals surface area (Å²) in [6, 6.07) is 0.235. The van der Waals surface area contributed by atoms with E-state index in [1.165, 1.54) is 0 Å². The van der Waals surface area contributed by atoms with E-state index in [0.717, 1.165) is 0 Å². The average Bonchev–Trinajstić information content (AvgIpc) is 2.50. The van der Waals surface area contributed by atoms with E-state index in [1.807, 2.05) is 40.7 Å². The molecular formula is C14H25NO3. The summed E-state index contributed by atoms with van der Waals surface area (Å²) >= 11 is 0. The third-order valence-corrected chi connectivity index (χ3v) is 2.46. The van der Waals surface area contributed by atoms with E-state index in [9.17, 15) is 4.79 Å². The topological polar surface area (TPSA) is 47.6 Å². The second-order valence-corrected chi connectivity index (χ2v) is 6.13. The summed E-state index contributed by atoms with van der Waals surface area (Å²) in [5.41, 5.74) is -0.647. The van der Waals surface area contributed by atoms with Gasteiger partial charge in [-0.05, 0) is 41.0 Å². The Labute approximate surface area is 110 Å². The lowest BCUT2D eigenvalue weighted by Gasteiger charge is -2.19. The van der Waals surface area contributed by atoms with Crippen LogP contribution in [0.5, 0.6) is 0 Å². The molecule has 0 aromatic heterocycles. The summed E-state index contributed by atoms with van der Waals surface area (Å²) in [4.78, 5) is 11.5. The van der Waals surface area contributed by atoms with Gasteiger partial charge in [0.15, 0.2) is 0 Å². The number of nitrogens with one attached hydrogen (secondary N) is 1. The highest BCUT2D eigenvalue weighted by Crippen LogP contribution is 2.15. The molecule has 0 saturated carbocycles. The first kappa shape index (κ1) is 15.2. The van der Waals surface area contributed by atoms with E-state index in [2.05, 4.69) is 11.4 Å². The lowest BCUT2D eigenvalue weighted by atomic mass is 10.2. The fraction of sp³-hybridized carbons (Fsp3) is 0.786. The van der Waals surface area contributed by atoms with Crippen LogP contribution < -0.4 is 5.32 Å². The molecule has 1 fully saturated rings. The Morgan fingerprint density at radius 3 is 2.67 bits per heavy atom. The fourth-order valence-corrected chi connectivity index (χ4v) is 1.79. The second kappa shape index (κ2) is 5.85. The average molecular weight is 255 g/mol. The second-order valence-electron chi connectivity index (χ2n) is 6.13. The lowest BCUT2D eigenvalue weighted by molar-refractivity contribution is -0.154. The summed E-state index contributed by atoms with van der Waals surface area (Å²) in [7, 11) is 0. The number of ether oxygens (including phenoxy) is 2. The molecule has 0 spiro atoms. The van der Waals surface area contributed by atoms with Crippen molar-refractivity contribution in [3.05, 3.63) is 12.2 Å². The fourth-order valence-electron chi connectivity index (χ4n) is 1.79. The highest BCUT2D eigenvalue weighted by Gasteiger charge is 2.28. The van der Waals surface area contributed by atoms with Crippen LogP contribution in [-0.2, 0) is 14.3 Å². The SMILES string of the molecule is CC(C)(C)OC(=O)CC/C=C/C1COC(C)(C)N1. The van der Waals surface area contributed by atoms with Gasteiger partial charge in [0.25, 0.3) is 0 Å². The van der Waals surface area contributed by atoms with E-state index in [0.29, 0.717) is 19.4 Å². The van der Waals surface area contributed by atoms with Crippen LogP contribution in [0.4, 0.5) is 0 Å². The first-order chi connectivity index (χ1) is 8.18. The van der Waals surface area contributed by atoms with Gasteiger partial charge in [0.1, 0.15) is 11.3 Å². The van der Waals surface area contributed by atoms with Crippen LogP contribution in [0.2, 0.25) is 0 Å². The van der Waals surface area contributed by atoms with E-state index >= 15 is 0 Å². The minimum Gasteiger partial charge on any atom is -0.460 e. The maximum absolute atomic E-state index is 11.5. The molecule has 1 N–H and O–H groups in total. The van der Waals surface area contributed by atoms with Crippen molar-refractivity contribution >= 4 is 5.97 Å². The molecule has 0 aromatic rings. The van der Waals surface area contributed by atoms with Gasteiger partial charge in [0, 0.05) is 6.42 Å². The van der Waals surface area contributed by atoms with Crippen LogP contribution in [0.15, 0.2) is 12.2 Å². The Morgan fingerprint density at radius 1 is 1.50 bits per heavy atom. The zero-order chi connectivity index (χ0) is 13.8. The number of hydrogen-bond donors (Lipinski definition) is 1. The Morgan fingerprint density at radius 2 is 2.17 bits per heavy atom. The van der Waals surface area contributed by atoms with Gasteiger partial charge < -0.3 is 9.47 Å². The molecule has 4 heteroatoms. The van der Waals surface area contributed by atoms with Crippen molar-refractivity contribution in [3.63, 3.8) is 0 Å². The third-order valence-electron chi connectivity index (χ3n) is 2.46. The van der Waals surface area contributed by atoms with Gasteiger partial charge in [0.2, 0.25) is 0 Å². The first-order valence-electron chi connectivity index (χ1n) is 6.48. The monoisotopic (exact) mass is 255 g/mol. The molecule has 0 amide bonds. The normalized spacial score (nSPS) is 23.5. The summed E-state index contributed by atoms with van der Waals surface area (Å²) < 4.78 is 10.8. The molecule has 0 aromatic carbocycles. The molecule has 1 aliphatic heterocycles. The molecule has 0 radical (unpaired) electrons. The van der Waals surface area contributed by atoms with Crippen LogP contribution in [-0.4, -0.2) is 29.9 Å². The molecule has 1 atom stereocenters. The van der Waals surface area contributed by atoms with Crippen molar-refractivity contribution in [2.24, 2.45) is 0 Å². The van der Waals surface area contributed by atoms with Crippen LogP contribution in [0.25, 0.3) is 0 Å². The molecule has 1 rings (SSSR count). The van der Waals surface area contributed by atoms with Crippen molar-refractivity contribution in [2.45, 2.75) is 64.8 Å². The number of rotatable bonds is 4. The van der Waals surface area contributed by atoms with Crippen molar-refractivity contribution in [2.75, 3.05) is 6.61 Å². The molecule has 1 heterocycles. The Balaban J connectivity index is 2.20. The number of carbonyl (C=O) groups is 1. The Hall–Kier alpha value is -0.870. The van der Waals surface area contributed by atoms with E-state index in [1.54, 1.807) is 0 Å². The van der Waals surface area contributed by atoms with E-state index < -0.39 is 5.60 Å². The van der Waals surface area contributed by atoms with Crippen molar-refractivity contribution in [3.8, 4) is 0 Å². The zero-order valence-corrected chi connectivity index (χ0v) is 12.1. The van der Waals surface area contributed by atoms with Crippen LogP contribution in [0.1, 0.15) is 47.5 Å². The number of esters is 1. The van der Waals surface area contributed by atoms with Crippen LogP contribution in [0.3, 0.4) is 0 Å². The predicted octanol–water partition coefficient (Wildman–Crippen LogP) is 2.39. The molecule has 0 bridgehead atoms. The van der Waals surface area contributed by atoms with E-state index in [-0.39, 0.29) is 17.7 Å². The van der Waals surface area contributed by atoms with Gasteiger partial charge in [-0.2, -0.15) is 0 Å². The molecule has 1 aliphatic rings. The Kier molecular flexibility index (Phi) is 4.93. The van der Waals surface area contributed by atoms with Gasteiger partial charge in [-0.1, -0.05) is 12.2 Å². The molecular weight excluding hydrogens is 230 g/mol. The Bertz CT molecular complexity index is 315. The lowest BCUT2D eigenvalue weighted by Crippen LogP contribution is -2.37. The summed E-state index contributed by atoms with van der Waals surface area (Å²) in [6.07, 6.45) is 5.18. The minimum absolute atomic E-state index is 0.150. The standard InChI is InChI=1S/C14H25NO3/c1-13(2,3)18-12(16)9-7-6-8-11-10-17-14(4,5)15-11/h6,8,11,15H,7,9-10H2,1-5H3/b8-6+. The number of allylic oxidation sites excluding steroid dienone is 1. The summed E-state index contributed by atoms with van der Waals surface area (Å²) in [5, 5.41) is 3.33. The van der Waals surface area contributed by atoms with Gasteiger partial charge in [-0.15, -0.1) is 0 Å². The molecule has 1 unspecified atom stereocenters. The maximum Gasteiger partial charge on any atom is 0.306 e. The molecule has 0 aliphatic carbocycles. The zero-order valence-electron chi connectivity index (χ0n) is 12.1. The van der Waals surface area contributed by atoms with Gasteiger partial charge in [-0.25, -0.2) is 0 Å². The molecule has 1 saturated heterocycles. The highest BCUT2D eigenvalue weighted by molar-refractivity contribution is 5.69. The molecule has 104 valence electrons.